The van der Waals surface area contributed by atoms with Crippen LogP contribution in [0, 0.1) is 11.8 Å². The lowest BCUT2D eigenvalue weighted by Crippen LogP contribution is -2.61. The Morgan fingerprint density at radius 3 is 2.40 bits per heavy atom. The molecule has 5 heterocycles. The van der Waals surface area contributed by atoms with E-state index < -0.39 is 0 Å². The quantitative estimate of drug-likeness (QED) is 0.829. The predicted molar refractivity (Wildman–Crippen MR) is 96.3 cm³/mol. The Kier molecular flexibility index (Phi) is 4.05. The normalized spacial score (nSPS) is 37.9. The Hall–Kier alpha value is -1.39. The minimum atomic E-state index is 0.180. The van der Waals surface area contributed by atoms with Gasteiger partial charge < -0.3 is 9.64 Å². The van der Waals surface area contributed by atoms with Crippen LogP contribution in [0.25, 0.3) is 0 Å². The van der Waals surface area contributed by atoms with E-state index in [1.807, 2.05) is 0 Å². The predicted octanol–water partition coefficient (Wildman–Crippen LogP) is 2.50. The summed E-state index contributed by atoms with van der Waals surface area (Å²) < 4.78 is 5.48. The number of ether oxygens (including phenoxy) is 1. The molecule has 0 radical (unpaired) electrons. The monoisotopic (exact) mass is 340 g/mol. The topological polar surface area (TPSA) is 32.8 Å². The number of benzene rings is 1. The number of carbonyl (C=O) groups excluding carboxylic acids is 1. The molecular weight excluding hydrogens is 312 g/mol. The molecule has 2 bridgehead atoms. The van der Waals surface area contributed by atoms with Gasteiger partial charge in [-0.05, 0) is 50.3 Å². The lowest BCUT2D eigenvalue weighted by atomic mass is 9.75. The molecule has 1 aromatic rings. The second-order valence-corrected chi connectivity index (χ2v) is 8.25. The van der Waals surface area contributed by atoms with E-state index in [0.717, 1.165) is 32.6 Å². The number of likely N-dealkylation sites (tertiary alicyclic amines) is 1. The molecule has 134 valence electrons. The van der Waals surface area contributed by atoms with Crippen LogP contribution in [0.4, 0.5) is 0 Å². The van der Waals surface area contributed by atoms with Crippen LogP contribution in [0.2, 0.25) is 0 Å². The van der Waals surface area contributed by atoms with Gasteiger partial charge in [0.05, 0.1) is 6.04 Å². The molecule has 5 fully saturated rings. The fourth-order valence-electron chi connectivity index (χ4n) is 5.85. The average Bonchev–Trinajstić information content (AvgIpc) is 3.12. The Morgan fingerprint density at radius 2 is 1.68 bits per heavy atom. The molecule has 4 heteroatoms. The summed E-state index contributed by atoms with van der Waals surface area (Å²) in [5, 5.41) is 0. The van der Waals surface area contributed by atoms with Crippen molar-refractivity contribution in [2.24, 2.45) is 11.8 Å². The second kappa shape index (κ2) is 6.40. The highest BCUT2D eigenvalue weighted by Gasteiger charge is 2.55. The van der Waals surface area contributed by atoms with Gasteiger partial charge in [-0.1, -0.05) is 30.3 Å². The van der Waals surface area contributed by atoms with E-state index in [9.17, 15) is 4.79 Å². The van der Waals surface area contributed by atoms with E-state index in [1.165, 1.54) is 31.5 Å². The molecule has 0 aliphatic carbocycles. The Balaban J connectivity index is 1.46. The minimum Gasteiger partial charge on any atom is -0.381 e. The largest absolute Gasteiger partial charge is 0.381 e. The van der Waals surface area contributed by atoms with E-state index in [2.05, 4.69) is 40.1 Å². The molecule has 1 aromatic carbocycles. The number of amides is 1. The molecule has 5 saturated heterocycles. The van der Waals surface area contributed by atoms with Crippen molar-refractivity contribution < 1.29 is 9.53 Å². The summed E-state index contributed by atoms with van der Waals surface area (Å²) in [6.45, 7) is 4.83. The van der Waals surface area contributed by atoms with Crippen LogP contribution in [0.1, 0.15) is 37.2 Å². The zero-order chi connectivity index (χ0) is 16.8. The maximum absolute atomic E-state index is 13.4. The number of nitrogens with zero attached hydrogens (tertiary/aromatic N) is 2. The molecule has 1 amide bonds. The summed E-state index contributed by atoms with van der Waals surface area (Å²) in [7, 11) is 0. The number of hydrogen-bond acceptors (Lipinski definition) is 3. The molecule has 5 aliphatic rings. The van der Waals surface area contributed by atoms with Crippen LogP contribution in [0.15, 0.2) is 30.3 Å². The summed E-state index contributed by atoms with van der Waals surface area (Å²) in [5.74, 6) is 1.76. The number of rotatable bonds is 2. The van der Waals surface area contributed by atoms with Crippen molar-refractivity contribution in [3.8, 4) is 0 Å². The van der Waals surface area contributed by atoms with Crippen molar-refractivity contribution in [2.75, 3.05) is 32.8 Å². The Morgan fingerprint density at radius 1 is 0.960 bits per heavy atom. The summed E-state index contributed by atoms with van der Waals surface area (Å²) in [6.07, 6.45) is 4.33. The highest BCUT2D eigenvalue weighted by molar-refractivity contribution is 5.80. The zero-order valence-electron chi connectivity index (χ0n) is 14.8. The first-order valence-corrected chi connectivity index (χ1v) is 10.00. The van der Waals surface area contributed by atoms with Crippen LogP contribution in [-0.2, 0) is 9.53 Å². The van der Waals surface area contributed by atoms with Crippen molar-refractivity contribution in [1.29, 1.82) is 0 Å². The second-order valence-electron chi connectivity index (χ2n) is 8.25. The van der Waals surface area contributed by atoms with E-state index in [1.54, 1.807) is 0 Å². The lowest BCUT2D eigenvalue weighted by Gasteiger charge is -2.51. The first-order valence-electron chi connectivity index (χ1n) is 10.00. The molecule has 25 heavy (non-hydrogen) atoms. The van der Waals surface area contributed by atoms with Crippen LogP contribution < -0.4 is 0 Å². The van der Waals surface area contributed by atoms with Gasteiger partial charge in [-0.25, -0.2) is 0 Å². The zero-order valence-corrected chi connectivity index (χ0v) is 14.8. The van der Waals surface area contributed by atoms with Gasteiger partial charge in [-0.15, -0.1) is 0 Å². The Labute approximate surface area is 150 Å². The highest BCUT2D eigenvalue weighted by atomic mass is 16.5. The molecule has 4 nitrogen and oxygen atoms in total. The van der Waals surface area contributed by atoms with Crippen molar-refractivity contribution in [1.82, 2.24) is 9.80 Å². The van der Waals surface area contributed by atoms with Crippen molar-refractivity contribution in [3.63, 3.8) is 0 Å². The maximum Gasteiger partial charge on any atom is 0.226 e. The summed E-state index contributed by atoms with van der Waals surface area (Å²) in [6, 6.07) is 11.9. The van der Waals surface area contributed by atoms with Gasteiger partial charge in [0.2, 0.25) is 5.91 Å². The van der Waals surface area contributed by atoms with Crippen LogP contribution in [0.3, 0.4) is 0 Å². The van der Waals surface area contributed by atoms with Gasteiger partial charge in [0.25, 0.3) is 0 Å². The standard InChI is InChI=1S/C21H28N2O2/c24-21(17-8-12-25-13-9-17)23-14-18(15-4-2-1-3-5-15)20-19(23)16-6-10-22(20)11-7-16/h1-5,16-20H,6-14H2/t18-,19+,20+/m0/s1. The fraction of sp³-hybridized carbons (Fsp3) is 0.667. The third kappa shape index (κ3) is 2.61. The summed E-state index contributed by atoms with van der Waals surface area (Å²) in [4.78, 5) is 18.3. The number of fused-ring (bicyclic) bond motifs is 2. The van der Waals surface area contributed by atoms with Crippen molar-refractivity contribution in [3.05, 3.63) is 35.9 Å². The van der Waals surface area contributed by atoms with Gasteiger partial charge in [-0.3, -0.25) is 9.69 Å². The highest BCUT2D eigenvalue weighted by Crippen LogP contribution is 2.47. The first-order chi connectivity index (χ1) is 12.3. The van der Waals surface area contributed by atoms with Crippen molar-refractivity contribution in [2.45, 2.75) is 43.7 Å². The molecule has 0 aromatic heterocycles. The van der Waals surface area contributed by atoms with Crippen LogP contribution in [0.5, 0.6) is 0 Å². The van der Waals surface area contributed by atoms with Crippen molar-refractivity contribution >= 4 is 5.91 Å². The van der Waals surface area contributed by atoms with Crippen LogP contribution in [-0.4, -0.2) is 60.6 Å². The number of carbonyl (C=O) groups is 1. The van der Waals surface area contributed by atoms with Gasteiger partial charge in [0.15, 0.2) is 0 Å². The molecule has 3 atom stereocenters. The minimum absolute atomic E-state index is 0.180. The van der Waals surface area contributed by atoms with Gasteiger partial charge in [0, 0.05) is 37.6 Å². The SMILES string of the molecule is O=C(C1CCOCC1)N1C[C@@H](c2ccccc2)[C@@H]2[C@H]1C1CCN2CC1. The van der Waals surface area contributed by atoms with Crippen LogP contribution >= 0.6 is 0 Å². The van der Waals surface area contributed by atoms with Gasteiger partial charge >= 0.3 is 0 Å². The van der Waals surface area contributed by atoms with E-state index in [-0.39, 0.29) is 5.92 Å². The molecule has 0 saturated carbocycles. The van der Waals surface area contributed by atoms with E-state index >= 15 is 0 Å². The smallest absolute Gasteiger partial charge is 0.226 e. The summed E-state index contributed by atoms with van der Waals surface area (Å²) >= 11 is 0. The number of piperidine rings is 3. The van der Waals surface area contributed by atoms with E-state index in [4.69, 9.17) is 4.74 Å². The molecule has 0 spiro atoms. The average molecular weight is 340 g/mol. The third-order valence-electron chi connectivity index (χ3n) is 7.08. The maximum atomic E-state index is 13.4. The third-order valence-corrected chi connectivity index (χ3v) is 7.08. The first kappa shape index (κ1) is 15.8. The molecule has 6 rings (SSSR count). The molecule has 0 unspecified atom stereocenters. The van der Waals surface area contributed by atoms with Gasteiger partial charge in [-0.2, -0.15) is 0 Å². The molecule has 0 N–H and O–H groups in total. The molecular formula is C21H28N2O2. The fourth-order valence-corrected chi connectivity index (χ4v) is 5.85. The number of hydrogen-bond donors (Lipinski definition) is 0. The Bertz CT molecular complexity index is 620. The van der Waals surface area contributed by atoms with E-state index in [0.29, 0.717) is 29.8 Å². The lowest BCUT2D eigenvalue weighted by molar-refractivity contribution is -0.143. The molecule has 5 aliphatic heterocycles. The van der Waals surface area contributed by atoms with Gasteiger partial charge in [0.1, 0.15) is 0 Å². The summed E-state index contributed by atoms with van der Waals surface area (Å²) in [5.41, 5.74) is 1.41.